The van der Waals surface area contributed by atoms with Crippen molar-refractivity contribution in [1.82, 2.24) is 9.55 Å². The molecule has 0 fully saturated rings. The fraction of sp³-hybridized carbons (Fsp3) is 0.0476. The van der Waals surface area contributed by atoms with Crippen molar-refractivity contribution in [2.75, 3.05) is 0 Å². The monoisotopic (exact) mass is 344 g/mol. The molecule has 0 saturated heterocycles. The number of ether oxygens (including phenoxy) is 1. The van der Waals surface area contributed by atoms with Gasteiger partial charge in [-0.1, -0.05) is 30.3 Å². The van der Waals surface area contributed by atoms with Crippen molar-refractivity contribution >= 4 is 5.97 Å². The molecular weight excluding hydrogens is 328 g/mol. The molecule has 0 spiro atoms. The zero-order chi connectivity index (χ0) is 17.8. The van der Waals surface area contributed by atoms with E-state index in [-0.39, 0.29) is 6.61 Å². The van der Waals surface area contributed by atoms with E-state index in [2.05, 4.69) is 4.98 Å². The first-order valence-corrected chi connectivity index (χ1v) is 8.20. The van der Waals surface area contributed by atoms with E-state index in [1.807, 2.05) is 71.6 Å². The third-order valence-corrected chi connectivity index (χ3v) is 3.94. The van der Waals surface area contributed by atoms with Crippen LogP contribution in [-0.2, 0) is 11.3 Å². The zero-order valence-electron chi connectivity index (χ0n) is 13.9. The van der Waals surface area contributed by atoms with Gasteiger partial charge >= 0.3 is 5.97 Å². The van der Waals surface area contributed by atoms with Crippen molar-refractivity contribution in [2.24, 2.45) is 0 Å². The van der Waals surface area contributed by atoms with Gasteiger partial charge in [-0.2, -0.15) is 0 Å². The summed E-state index contributed by atoms with van der Waals surface area (Å²) in [5.41, 5.74) is 2.39. The highest BCUT2D eigenvalue weighted by molar-refractivity contribution is 5.89. The van der Waals surface area contributed by atoms with Gasteiger partial charge in [-0.3, -0.25) is 0 Å². The van der Waals surface area contributed by atoms with Crippen molar-refractivity contribution in [3.05, 3.63) is 96.8 Å². The predicted molar refractivity (Wildman–Crippen MR) is 96.8 cm³/mol. The van der Waals surface area contributed by atoms with Gasteiger partial charge in [0, 0.05) is 23.6 Å². The van der Waals surface area contributed by atoms with Crippen molar-refractivity contribution in [3.8, 4) is 17.0 Å². The van der Waals surface area contributed by atoms with Gasteiger partial charge in [0.2, 0.25) is 5.89 Å². The molecule has 0 radical (unpaired) electrons. The van der Waals surface area contributed by atoms with Gasteiger partial charge in [0.25, 0.3) is 0 Å². The molecule has 5 heteroatoms. The average molecular weight is 344 g/mol. The number of benzene rings is 2. The lowest BCUT2D eigenvalue weighted by molar-refractivity contribution is 0.0439. The van der Waals surface area contributed by atoms with Crippen molar-refractivity contribution < 1.29 is 13.9 Å². The van der Waals surface area contributed by atoms with E-state index in [1.54, 1.807) is 18.3 Å². The van der Waals surface area contributed by atoms with Crippen molar-refractivity contribution in [3.63, 3.8) is 0 Å². The lowest BCUT2D eigenvalue weighted by Crippen LogP contribution is -2.05. The van der Waals surface area contributed by atoms with Crippen molar-refractivity contribution in [1.29, 1.82) is 0 Å². The molecule has 0 bridgehead atoms. The smallest absolute Gasteiger partial charge is 0.338 e. The van der Waals surface area contributed by atoms with Gasteiger partial charge in [-0.25, -0.2) is 9.78 Å². The summed E-state index contributed by atoms with van der Waals surface area (Å²) in [6.07, 6.45) is 5.52. The lowest BCUT2D eigenvalue weighted by atomic mass is 10.2. The highest BCUT2D eigenvalue weighted by Crippen LogP contribution is 2.20. The SMILES string of the molecule is O=C(OCc1ncc(-c2ccccc2)o1)c1ccc(-n2cccc2)cc1. The molecule has 4 aromatic rings. The summed E-state index contributed by atoms with van der Waals surface area (Å²) in [5, 5.41) is 0. The number of esters is 1. The molecule has 5 nitrogen and oxygen atoms in total. The van der Waals surface area contributed by atoms with Crippen LogP contribution >= 0.6 is 0 Å². The summed E-state index contributed by atoms with van der Waals surface area (Å²) in [7, 11) is 0. The summed E-state index contributed by atoms with van der Waals surface area (Å²) in [4.78, 5) is 16.4. The fourth-order valence-corrected chi connectivity index (χ4v) is 2.60. The van der Waals surface area contributed by atoms with E-state index >= 15 is 0 Å². The maximum atomic E-state index is 12.2. The summed E-state index contributed by atoms with van der Waals surface area (Å²) < 4.78 is 12.9. The Bertz CT molecular complexity index is 987. The van der Waals surface area contributed by atoms with E-state index in [0.29, 0.717) is 17.2 Å². The highest BCUT2D eigenvalue weighted by atomic mass is 16.5. The number of carbonyl (C=O) groups excluding carboxylic acids is 1. The van der Waals surface area contributed by atoms with E-state index in [0.717, 1.165) is 11.3 Å². The number of aromatic nitrogens is 2. The van der Waals surface area contributed by atoms with Crippen molar-refractivity contribution in [2.45, 2.75) is 6.61 Å². The standard InChI is InChI=1S/C21H16N2O3/c24-21(17-8-10-18(11-9-17)23-12-4-5-13-23)25-15-20-22-14-19(26-20)16-6-2-1-3-7-16/h1-14H,15H2. The van der Waals surface area contributed by atoms with Crippen LogP contribution in [0.25, 0.3) is 17.0 Å². The summed E-state index contributed by atoms with van der Waals surface area (Å²) in [6.45, 7) is -0.00891. The molecule has 2 heterocycles. The number of hydrogen-bond acceptors (Lipinski definition) is 4. The molecule has 0 atom stereocenters. The zero-order valence-corrected chi connectivity index (χ0v) is 13.9. The molecule has 2 aromatic heterocycles. The van der Waals surface area contributed by atoms with Crippen LogP contribution in [0.1, 0.15) is 16.2 Å². The fourth-order valence-electron chi connectivity index (χ4n) is 2.60. The van der Waals surface area contributed by atoms with Crippen LogP contribution in [0.4, 0.5) is 0 Å². The Morgan fingerprint density at radius 2 is 1.69 bits per heavy atom. The Morgan fingerprint density at radius 1 is 0.962 bits per heavy atom. The Kier molecular flexibility index (Phi) is 4.35. The van der Waals surface area contributed by atoms with Gasteiger partial charge in [0.15, 0.2) is 12.4 Å². The molecule has 0 N–H and O–H groups in total. The lowest BCUT2D eigenvalue weighted by Gasteiger charge is -2.05. The Hall–Kier alpha value is -3.60. The molecule has 0 aliphatic heterocycles. The summed E-state index contributed by atoms with van der Waals surface area (Å²) >= 11 is 0. The number of carbonyl (C=O) groups is 1. The minimum absolute atomic E-state index is 0.00891. The van der Waals surface area contributed by atoms with Crippen LogP contribution in [0.15, 0.2) is 89.7 Å². The molecule has 4 rings (SSSR count). The van der Waals surface area contributed by atoms with Crippen LogP contribution < -0.4 is 0 Å². The topological polar surface area (TPSA) is 57.3 Å². The second kappa shape index (κ2) is 7.11. The maximum absolute atomic E-state index is 12.2. The quantitative estimate of drug-likeness (QED) is 0.501. The van der Waals surface area contributed by atoms with Crippen LogP contribution in [0, 0.1) is 0 Å². The predicted octanol–water partition coefficient (Wildman–Crippen LogP) is 4.49. The normalized spacial score (nSPS) is 10.6. The first-order valence-electron chi connectivity index (χ1n) is 8.20. The Balaban J connectivity index is 1.39. The number of hydrogen-bond donors (Lipinski definition) is 0. The first kappa shape index (κ1) is 15.9. The van der Waals surface area contributed by atoms with Gasteiger partial charge < -0.3 is 13.7 Å². The average Bonchev–Trinajstić information content (AvgIpc) is 3.39. The molecular formula is C21H16N2O3. The van der Waals surface area contributed by atoms with Gasteiger partial charge in [0.05, 0.1) is 11.8 Å². The molecule has 0 aliphatic carbocycles. The second-order valence-corrected chi connectivity index (χ2v) is 5.70. The molecule has 128 valence electrons. The van der Waals surface area contributed by atoms with E-state index in [4.69, 9.17) is 9.15 Å². The molecule has 0 aliphatic rings. The Morgan fingerprint density at radius 3 is 2.42 bits per heavy atom. The number of nitrogens with zero attached hydrogens (tertiary/aromatic N) is 2. The minimum Gasteiger partial charge on any atom is -0.452 e. The third-order valence-electron chi connectivity index (χ3n) is 3.94. The van der Waals surface area contributed by atoms with Crippen LogP contribution in [0.5, 0.6) is 0 Å². The molecule has 0 saturated carbocycles. The van der Waals surface area contributed by atoms with E-state index < -0.39 is 5.97 Å². The molecule has 2 aromatic carbocycles. The van der Waals surface area contributed by atoms with Crippen LogP contribution in [0.2, 0.25) is 0 Å². The summed E-state index contributed by atoms with van der Waals surface area (Å²) in [5.74, 6) is 0.595. The second-order valence-electron chi connectivity index (χ2n) is 5.70. The van der Waals surface area contributed by atoms with Gasteiger partial charge in [0.1, 0.15) is 0 Å². The first-order chi connectivity index (χ1) is 12.8. The van der Waals surface area contributed by atoms with E-state index in [1.165, 1.54) is 0 Å². The van der Waals surface area contributed by atoms with Gasteiger partial charge in [-0.15, -0.1) is 0 Å². The Labute approximate surface area is 150 Å². The van der Waals surface area contributed by atoms with Crippen LogP contribution in [0.3, 0.4) is 0 Å². The molecule has 0 unspecified atom stereocenters. The molecule has 26 heavy (non-hydrogen) atoms. The largest absolute Gasteiger partial charge is 0.452 e. The van der Waals surface area contributed by atoms with Crippen LogP contribution in [-0.4, -0.2) is 15.5 Å². The summed E-state index contributed by atoms with van der Waals surface area (Å²) in [6, 6.07) is 20.8. The van der Waals surface area contributed by atoms with E-state index in [9.17, 15) is 4.79 Å². The highest BCUT2D eigenvalue weighted by Gasteiger charge is 2.11. The van der Waals surface area contributed by atoms with Gasteiger partial charge in [-0.05, 0) is 36.4 Å². The number of oxazole rings is 1. The number of rotatable bonds is 5. The maximum Gasteiger partial charge on any atom is 0.338 e. The molecule has 0 amide bonds. The third kappa shape index (κ3) is 3.42. The minimum atomic E-state index is -0.413.